The molecule has 0 aliphatic heterocycles. The van der Waals surface area contributed by atoms with Gasteiger partial charge in [0.2, 0.25) is 0 Å². The number of hydrogen-bond acceptors (Lipinski definition) is 2. The summed E-state index contributed by atoms with van der Waals surface area (Å²) in [5, 5.41) is 0. The van der Waals surface area contributed by atoms with Crippen LogP contribution in [0, 0.1) is 0 Å². The van der Waals surface area contributed by atoms with Crippen molar-refractivity contribution in [2.45, 2.75) is 42.5 Å². The Morgan fingerprint density at radius 1 is 1.36 bits per heavy atom. The fourth-order valence-corrected chi connectivity index (χ4v) is 6.96. The fraction of sp³-hybridized carbons (Fsp3) is 0.875. The second kappa shape index (κ2) is 5.12. The third kappa shape index (κ3) is 4.09. The summed E-state index contributed by atoms with van der Waals surface area (Å²) in [5.41, 5.74) is 0. The molecule has 0 aromatic heterocycles. The van der Waals surface area contributed by atoms with Crippen LogP contribution in [0.3, 0.4) is 0 Å². The summed E-state index contributed by atoms with van der Waals surface area (Å²) < 4.78 is 6.03. The van der Waals surface area contributed by atoms with Gasteiger partial charge in [-0.3, -0.25) is 0 Å². The molecule has 1 saturated carbocycles. The molecule has 0 aromatic carbocycles. The van der Waals surface area contributed by atoms with Gasteiger partial charge in [-0.15, -0.1) is 0 Å². The van der Waals surface area contributed by atoms with Crippen LogP contribution < -0.4 is 0 Å². The average Bonchev–Trinajstić information content (AvgIpc) is 2.03. The molecule has 2 nitrogen and oxygen atoms in total. The number of carbonyl (C=O) groups is 1. The Labute approximate surface area is 80.8 Å². The molecule has 1 rings (SSSR count). The molecule has 3 heteroatoms. The second-order valence-electron chi connectivity index (χ2n) is 3.31. The van der Waals surface area contributed by atoms with Crippen LogP contribution in [0.4, 0.5) is 0 Å². The van der Waals surface area contributed by atoms with Gasteiger partial charge in [-0.1, -0.05) is 0 Å². The molecule has 0 N–H and O–H groups in total. The van der Waals surface area contributed by atoms with E-state index in [1.54, 1.807) is 0 Å². The molecule has 1 aliphatic carbocycles. The molecule has 60 valence electrons. The van der Waals surface area contributed by atoms with Crippen LogP contribution in [-0.4, -0.2) is 5.97 Å². The van der Waals surface area contributed by atoms with E-state index in [1.165, 1.54) is 39.0 Å². The Morgan fingerprint density at radius 2 is 2.00 bits per heavy atom. The molecule has 0 spiro atoms. The van der Waals surface area contributed by atoms with Gasteiger partial charge in [0.15, 0.2) is 0 Å². The number of carbonyl (C=O) groups excluding carboxylic acids is 1. The Morgan fingerprint density at radius 3 is 2.55 bits per heavy atom. The summed E-state index contributed by atoms with van der Waals surface area (Å²) in [6, 6.07) is 0. The van der Waals surface area contributed by atoms with Gasteiger partial charge >= 0.3 is 80.9 Å². The minimum atomic E-state index is -1.24. The van der Waals surface area contributed by atoms with Crippen LogP contribution in [0.15, 0.2) is 0 Å². The fourth-order valence-electron chi connectivity index (χ4n) is 1.59. The summed E-state index contributed by atoms with van der Waals surface area (Å²) in [5.74, 6) is -0.0442. The Balaban J connectivity index is 2.09. The van der Waals surface area contributed by atoms with E-state index in [0.717, 1.165) is 3.43 Å². The van der Waals surface area contributed by atoms with E-state index in [1.807, 2.05) is 0 Å². The predicted octanol–water partition coefficient (Wildman–Crippen LogP) is 2.30. The standard InChI is InChI=1S/C6H11.C2H4O2.Hg/c1-2-4-6-5-3-1;1-2(3)4;/h1H,2-6H2;1H3,(H,3,4);/q;;+1/p-1. The number of rotatable bonds is 2. The van der Waals surface area contributed by atoms with E-state index in [4.69, 9.17) is 2.64 Å². The van der Waals surface area contributed by atoms with E-state index in [2.05, 4.69) is 0 Å². The van der Waals surface area contributed by atoms with Gasteiger partial charge < -0.3 is 0 Å². The molecular weight excluding hydrogens is 329 g/mol. The average molecular weight is 343 g/mol. The van der Waals surface area contributed by atoms with Crippen molar-refractivity contribution in [2.24, 2.45) is 0 Å². The van der Waals surface area contributed by atoms with Gasteiger partial charge in [0.05, 0.1) is 0 Å². The first-order valence-corrected chi connectivity index (χ1v) is 9.84. The van der Waals surface area contributed by atoms with E-state index in [9.17, 15) is 4.79 Å². The van der Waals surface area contributed by atoms with Crippen LogP contribution in [0.25, 0.3) is 0 Å². The normalized spacial score (nSPS) is 19.0. The molecule has 0 amide bonds. The molecule has 0 radical (unpaired) electrons. The minimum absolute atomic E-state index is 0.0442. The van der Waals surface area contributed by atoms with Crippen molar-refractivity contribution in [2.75, 3.05) is 0 Å². The van der Waals surface area contributed by atoms with E-state index in [-0.39, 0.29) is 5.97 Å². The SMILES string of the molecule is CC(=O)[O][Hg][CH]1CCCCC1. The Kier molecular flexibility index (Phi) is 4.42. The van der Waals surface area contributed by atoms with Gasteiger partial charge in [0.25, 0.3) is 0 Å². The first kappa shape index (κ1) is 9.49. The summed E-state index contributed by atoms with van der Waals surface area (Å²) in [6.07, 6.45) is 6.81. The summed E-state index contributed by atoms with van der Waals surface area (Å²) in [4.78, 5) is 10.5. The maximum absolute atomic E-state index is 10.5. The van der Waals surface area contributed by atoms with Crippen molar-refractivity contribution < 1.29 is 32.5 Å². The van der Waals surface area contributed by atoms with Crippen molar-refractivity contribution >= 4 is 5.97 Å². The van der Waals surface area contributed by atoms with Crippen molar-refractivity contribution in [3.8, 4) is 0 Å². The zero-order valence-corrected chi connectivity index (χ0v) is 12.6. The molecule has 1 fully saturated rings. The van der Waals surface area contributed by atoms with E-state index < -0.39 is 25.0 Å². The van der Waals surface area contributed by atoms with E-state index in [0.29, 0.717) is 0 Å². The first-order valence-electron chi connectivity index (χ1n) is 4.42. The summed E-state index contributed by atoms with van der Waals surface area (Å²) in [6.45, 7) is 1.53. The van der Waals surface area contributed by atoms with E-state index >= 15 is 0 Å². The van der Waals surface area contributed by atoms with Crippen LogP contribution >= 0.6 is 0 Å². The molecule has 0 unspecified atom stereocenters. The van der Waals surface area contributed by atoms with Gasteiger partial charge in [-0.05, 0) is 0 Å². The van der Waals surface area contributed by atoms with Crippen LogP contribution in [-0.2, 0) is 32.5 Å². The molecule has 0 saturated heterocycles. The van der Waals surface area contributed by atoms with Crippen LogP contribution in [0.2, 0.25) is 3.43 Å². The van der Waals surface area contributed by atoms with Gasteiger partial charge in [0.1, 0.15) is 0 Å². The number of hydrogen-bond donors (Lipinski definition) is 0. The first-order chi connectivity index (χ1) is 5.29. The molecule has 0 heterocycles. The maximum atomic E-state index is 10.5. The van der Waals surface area contributed by atoms with Crippen molar-refractivity contribution in [1.29, 1.82) is 0 Å². The van der Waals surface area contributed by atoms with Crippen molar-refractivity contribution in [3.63, 3.8) is 0 Å². The Bertz CT molecular complexity index is 130. The van der Waals surface area contributed by atoms with Crippen molar-refractivity contribution in [3.05, 3.63) is 0 Å². The quantitative estimate of drug-likeness (QED) is 0.720. The Hall–Kier alpha value is 0.405. The zero-order chi connectivity index (χ0) is 8.10. The van der Waals surface area contributed by atoms with Crippen molar-refractivity contribution in [1.82, 2.24) is 0 Å². The zero-order valence-electron chi connectivity index (χ0n) is 7.14. The predicted molar refractivity (Wildman–Crippen MR) is 38.6 cm³/mol. The third-order valence-electron chi connectivity index (χ3n) is 2.25. The van der Waals surface area contributed by atoms with Crippen LogP contribution in [0.5, 0.6) is 0 Å². The monoisotopic (exact) mass is 344 g/mol. The molecule has 0 bridgehead atoms. The van der Waals surface area contributed by atoms with Gasteiger partial charge in [-0.2, -0.15) is 0 Å². The summed E-state index contributed by atoms with van der Waals surface area (Å²) in [7, 11) is 0. The molecular formula is C8H14HgO2. The molecule has 1 aliphatic rings. The van der Waals surface area contributed by atoms with Gasteiger partial charge in [0, 0.05) is 0 Å². The molecule has 0 aromatic rings. The molecule has 11 heavy (non-hydrogen) atoms. The topological polar surface area (TPSA) is 26.3 Å². The van der Waals surface area contributed by atoms with Crippen LogP contribution in [0.1, 0.15) is 39.0 Å². The van der Waals surface area contributed by atoms with Gasteiger partial charge in [-0.25, -0.2) is 0 Å². The third-order valence-corrected chi connectivity index (χ3v) is 9.48. The summed E-state index contributed by atoms with van der Waals surface area (Å²) >= 11 is -1.24. The molecule has 0 atom stereocenters. The second-order valence-corrected chi connectivity index (χ2v) is 10.2.